The first-order valence-corrected chi connectivity index (χ1v) is 10.6. The Morgan fingerprint density at radius 3 is 2.47 bits per heavy atom. The topological polar surface area (TPSA) is 71.8 Å². The fourth-order valence-electron chi connectivity index (χ4n) is 3.42. The van der Waals surface area contributed by atoms with Crippen LogP contribution in [0.4, 0.5) is 5.69 Å². The standard InChI is InChI=1S/C24H16ClN5OS/c25-17-10-8-16(9-11-17)23(31)27-24(32)26-18-12-13-20-21(14-18)29-30(28-20)22-7-3-5-15-4-1-2-6-19(15)22/h1-14H,(H2,26,27,31,32). The fourth-order valence-corrected chi connectivity index (χ4v) is 3.76. The molecule has 6 nitrogen and oxygen atoms in total. The predicted octanol–water partition coefficient (Wildman–Crippen LogP) is 5.35. The number of anilines is 1. The van der Waals surface area contributed by atoms with Crippen molar-refractivity contribution in [2.75, 3.05) is 5.32 Å². The Morgan fingerprint density at radius 2 is 1.62 bits per heavy atom. The highest BCUT2D eigenvalue weighted by molar-refractivity contribution is 7.80. The third-order valence-corrected chi connectivity index (χ3v) is 5.41. The molecule has 0 saturated carbocycles. The molecule has 0 atom stereocenters. The van der Waals surface area contributed by atoms with Crippen LogP contribution in [0.5, 0.6) is 0 Å². The van der Waals surface area contributed by atoms with Gasteiger partial charge in [0.25, 0.3) is 5.91 Å². The molecule has 0 fully saturated rings. The Balaban J connectivity index is 1.36. The van der Waals surface area contributed by atoms with Crippen LogP contribution in [0.25, 0.3) is 27.5 Å². The summed E-state index contributed by atoms with van der Waals surface area (Å²) in [6.45, 7) is 0. The maximum Gasteiger partial charge on any atom is 0.257 e. The predicted molar refractivity (Wildman–Crippen MR) is 132 cm³/mol. The minimum atomic E-state index is -0.317. The molecule has 0 radical (unpaired) electrons. The summed E-state index contributed by atoms with van der Waals surface area (Å²) in [4.78, 5) is 14.0. The molecule has 1 heterocycles. The second-order valence-electron chi connectivity index (χ2n) is 7.11. The van der Waals surface area contributed by atoms with Crippen molar-refractivity contribution in [3.63, 3.8) is 0 Å². The van der Waals surface area contributed by atoms with Gasteiger partial charge in [-0.2, -0.15) is 0 Å². The number of aromatic nitrogens is 3. The van der Waals surface area contributed by atoms with Crippen LogP contribution in [0, 0.1) is 0 Å². The number of carbonyl (C=O) groups excluding carboxylic acids is 1. The molecule has 1 aromatic heterocycles. The number of carbonyl (C=O) groups is 1. The first-order valence-electron chi connectivity index (χ1n) is 9.80. The van der Waals surface area contributed by atoms with E-state index in [-0.39, 0.29) is 11.0 Å². The minimum absolute atomic E-state index is 0.186. The number of hydrogen-bond donors (Lipinski definition) is 2. The molecule has 8 heteroatoms. The number of hydrogen-bond acceptors (Lipinski definition) is 4. The Hall–Kier alpha value is -3.81. The number of amides is 1. The van der Waals surface area contributed by atoms with Crippen molar-refractivity contribution in [3.8, 4) is 5.69 Å². The molecule has 0 aliphatic heterocycles. The van der Waals surface area contributed by atoms with Crippen molar-refractivity contribution in [1.29, 1.82) is 0 Å². The number of fused-ring (bicyclic) bond motifs is 2. The number of nitrogens with zero attached hydrogens (tertiary/aromatic N) is 3. The summed E-state index contributed by atoms with van der Waals surface area (Å²) in [5, 5.41) is 17.9. The normalized spacial score (nSPS) is 10.9. The van der Waals surface area contributed by atoms with E-state index < -0.39 is 0 Å². The van der Waals surface area contributed by atoms with E-state index in [0.29, 0.717) is 21.8 Å². The van der Waals surface area contributed by atoms with Crippen LogP contribution in [-0.4, -0.2) is 26.0 Å². The van der Waals surface area contributed by atoms with E-state index in [1.54, 1.807) is 29.1 Å². The highest BCUT2D eigenvalue weighted by Gasteiger charge is 2.11. The highest BCUT2D eigenvalue weighted by Crippen LogP contribution is 2.23. The number of benzene rings is 4. The second-order valence-corrected chi connectivity index (χ2v) is 7.95. The molecule has 0 bridgehead atoms. The smallest absolute Gasteiger partial charge is 0.257 e. The van der Waals surface area contributed by atoms with Gasteiger partial charge in [0.1, 0.15) is 11.0 Å². The first-order chi connectivity index (χ1) is 15.6. The van der Waals surface area contributed by atoms with Crippen molar-refractivity contribution >= 4 is 62.3 Å². The molecule has 5 aromatic rings. The monoisotopic (exact) mass is 457 g/mol. The fraction of sp³-hybridized carbons (Fsp3) is 0. The van der Waals surface area contributed by atoms with Gasteiger partial charge in [-0.15, -0.1) is 15.0 Å². The highest BCUT2D eigenvalue weighted by atomic mass is 35.5. The lowest BCUT2D eigenvalue weighted by Gasteiger charge is -2.09. The Bertz CT molecular complexity index is 1470. The van der Waals surface area contributed by atoms with Crippen LogP contribution < -0.4 is 10.6 Å². The molecule has 4 aromatic carbocycles. The summed E-state index contributed by atoms with van der Waals surface area (Å²) in [5.41, 5.74) is 3.52. The lowest BCUT2D eigenvalue weighted by molar-refractivity contribution is 0.0977. The molecule has 1 amide bonds. The Labute approximate surface area is 193 Å². The second kappa shape index (κ2) is 8.37. The zero-order chi connectivity index (χ0) is 22.1. The van der Waals surface area contributed by atoms with E-state index in [1.807, 2.05) is 48.5 Å². The van der Waals surface area contributed by atoms with Gasteiger partial charge in [-0.1, -0.05) is 48.0 Å². The van der Waals surface area contributed by atoms with Gasteiger partial charge in [0.2, 0.25) is 0 Å². The zero-order valence-electron chi connectivity index (χ0n) is 16.6. The van der Waals surface area contributed by atoms with Crippen LogP contribution in [-0.2, 0) is 0 Å². The number of nitrogens with one attached hydrogen (secondary N) is 2. The molecule has 0 spiro atoms. The third kappa shape index (κ3) is 4.03. The van der Waals surface area contributed by atoms with Gasteiger partial charge in [0, 0.05) is 21.7 Å². The van der Waals surface area contributed by atoms with Crippen LogP contribution in [0.15, 0.2) is 84.9 Å². The zero-order valence-corrected chi connectivity index (χ0v) is 18.2. The van der Waals surface area contributed by atoms with Crippen LogP contribution in [0.2, 0.25) is 5.02 Å². The first kappa shape index (κ1) is 20.1. The van der Waals surface area contributed by atoms with Crippen molar-refractivity contribution in [3.05, 3.63) is 95.5 Å². The molecule has 0 unspecified atom stereocenters. The molecule has 156 valence electrons. The summed E-state index contributed by atoms with van der Waals surface area (Å²) < 4.78 is 0. The van der Waals surface area contributed by atoms with Crippen molar-refractivity contribution in [2.45, 2.75) is 0 Å². The maximum absolute atomic E-state index is 12.3. The third-order valence-electron chi connectivity index (χ3n) is 4.95. The van der Waals surface area contributed by atoms with Gasteiger partial charge in [0.15, 0.2) is 5.11 Å². The van der Waals surface area contributed by atoms with Gasteiger partial charge in [-0.3, -0.25) is 10.1 Å². The molecule has 0 aliphatic carbocycles. The van der Waals surface area contributed by atoms with E-state index in [1.165, 1.54) is 0 Å². The van der Waals surface area contributed by atoms with Crippen molar-refractivity contribution in [1.82, 2.24) is 20.3 Å². The van der Waals surface area contributed by atoms with Crippen molar-refractivity contribution < 1.29 is 4.79 Å². The van der Waals surface area contributed by atoms with Gasteiger partial charge < -0.3 is 5.32 Å². The van der Waals surface area contributed by atoms with Gasteiger partial charge >= 0.3 is 0 Å². The average molecular weight is 458 g/mol. The molecular formula is C24H16ClN5OS. The maximum atomic E-state index is 12.3. The van der Waals surface area contributed by atoms with Gasteiger partial charge in [-0.05, 0) is 66.1 Å². The van der Waals surface area contributed by atoms with Crippen LogP contribution in [0.1, 0.15) is 10.4 Å². The summed E-state index contributed by atoms with van der Waals surface area (Å²) >= 11 is 11.1. The number of halogens is 1. The average Bonchev–Trinajstić information content (AvgIpc) is 3.22. The van der Waals surface area contributed by atoms with E-state index in [0.717, 1.165) is 22.0 Å². The summed E-state index contributed by atoms with van der Waals surface area (Å²) in [6.07, 6.45) is 0. The Morgan fingerprint density at radius 1 is 0.875 bits per heavy atom. The summed E-state index contributed by atoms with van der Waals surface area (Å²) in [5.74, 6) is -0.317. The molecule has 0 saturated heterocycles. The molecular weight excluding hydrogens is 442 g/mol. The van der Waals surface area contributed by atoms with Crippen LogP contribution in [0.3, 0.4) is 0 Å². The minimum Gasteiger partial charge on any atom is -0.332 e. The van der Waals surface area contributed by atoms with Gasteiger partial charge in [-0.25, -0.2) is 0 Å². The largest absolute Gasteiger partial charge is 0.332 e. The quantitative estimate of drug-likeness (QED) is 0.357. The van der Waals surface area contributed by atoms with Crippen LogP contribution >= 0.6 is 23.8 Å². The van der Waals surface area contributed by atoms with E-state index in [2.05, 4.69) is 33.0 Å². The number of rotatable bonds is 3. The SMILES string of the molecule is O=C(NC(=S)Nc1ccc2nn(-c3cccc4ccccc34)nc2c1)c1ccc(Cl)cc1. The molecule has 5 rings (SSSR count). The van der Waals surface area contributed by atoms with E-state index >= 15 is 0 Å². The summed E-state index contributed by atoms with van der Waals surface area (Å²) in [7, 11) is 0. The lowest BCUT2D eigenvalue weighted by Crippen LogP contribution is -2.34. The summed E-state index contributed by atoms with van der Waals surface area (Å²) in [6, 6.07) is 26.3. The van der Waals surface area contributed by atoms with E-state index in [4.69, 9.17) is 23.8 Å². The molecule has 32 heavy (non-hydrogen) atoms. The van der Waals surface area contributed by atoms with Gasteiger partial charge in [0.05, 0.1) is 5.69 Å². The number of thiocarbonyl (C=S) groups is 1. The Kier molecular flexibility index (Phi) is 5.26. The van der Waals surface area contributed by atoms with E-state index in [9.17, 15) is 4.79 Å². The lowest BCUT2D eigenvalue weighted by atomic mass is 10.1. The van der Waals surface area contributed by atoms with Crippen molar-refractivity contribution in [2.24, 2.45) is 0 Å². The molecule has 2 N–H and O–H groups in total. The molecule has 0 aliphatic rings.